The van der Waals surface area contributed by atoms with Gasteiger partial charge < -0.3 is 5.73 Å². The number of nitrogens with zero attached hydrogens (tertiary/aromatic N) is 2. The molecule has 0 unspecified atom stereocenters. The second kappa shape index (κ2) is 3.23. The summed E-state index contributed by atoms with van der Waals surface area (Å²) in [4.78, 5) is 4.22. The number of hydrogen-bond donors (Lipinski definition) is 1. The van der Waals surface area contributed by atoms with E-state index in [1.165, 1.54) is 0 Å². The highest BCUT2D eigenvalue weighted by atomic mass is 35.5. The van der Waals surface area contributed by atoms with Crippen LogP contribution in [0.25, 0.3) is 0 Å². The van der Waals surface area contributed by atoms with Crippen molar-refractivity contribution in [1.82, 2.24) is 4.98 Å². The minimum absolute atomic E-state index is 0.00886. The Hall–Kier alpha value is -1.11. The van der Waals surface area contributed by atoms with Gasteiger partial charge in [-0.3, -0.25) is 4.98 Å². The molecule has 4 heteroatoms. The molecule has 2 N–H and O–H groups in total. The summed E-state index contributed by atoms with van der Waals surface area (Å²) >= 11 is 6.04. The number of nitriles is 1. The summed E-state index contributed by atoms with van der Waals surface area (Å²) in [5.74, 6) is 0. The Balaban J connectivity index is 2.42. The van der Waals surface area contributed by atoms with Gasteiger partial charge in [-0.15, -0.1) is 0 Å². The first-order chi connectivity index (χ1) is 6.72. The van der Waals surface area contributed by atoms with Gasteiger partial charge in [0, 0.05) is 18.2 Å². The molecule has 72 valence electrons. The SMILES string of the molecule is N#Cc1cnc(C2(CN)CC2)c(Cl)c1. The zero-order valence-electron chi connectivity index (χ0n) is 7.63. The predicted octanol–water partition coefficient (Wildman–Crippen LogP) is 1.60. The van der Waals surface area contributed by atoms with Crippen molar-refractivity contribution in [2.45, 2.75) is 18.3 Å². The molecule has 2 rings (SSSR count). The van der Waals surface area contributed by atoms with Gasteiger partial charge >= 0.3 is 0 Å². The minimum Gasteiger partial charge on any atom is -0.330 e. The normalized spacial score (nSPS) is 17.5. The fourth-order valence-electron chi connectivity index (χ4n) is 1.58. The summed E-state index contributed by atoms with van der Waals surface area (Å²) < 4.78 is 0. The third kappa shape index (κ3) is 1.37. The van der Waals surface area contributed by atoms with Crippen LogP contribution in [0.2, 0.25) is 5.02 Å². The van der Waals surface area contributed by atoms with E-state index in [1.54, 1.807) is 12.3 Å². The molecular weight excluding hydrogens is 198 g/mol. The highest BCUT2D eigenvalue weighted by Gasteiger charge is 2.45. The third-order valence-corrected chi connectivity index (χ3v) is 3.01. The summed E-state index contributed by atoms with van der Waals surface area (Å²) in [5, 5.41) is 9.22. The molecule has 3 nitrogen and oxygen atoms in total. The van der Waals surface area contributed by atoms with Crippen molar-refractivity contribution < 1.29 is 0 Å². The van der Waals surface area contributed by atoms with Gasteiger partial charge in [0.2, 0.25) is 0 Å². The lowest BCUT2D eigenvalue weighted by atomic mass is 10.0. The average Bonchev–Trinajstić information content (AvgIpc) is 2.98. The first-order valence-corrected chi connectivity index (χ1v) is 4.86. The van der Waals surface area contributed by atoms with E-state index in [4.69, 9.17) is 22.6 Å². The van der Waals surface area contributed by atoms with Crippen molar-refractivity contribution in [1.29, 1.82) is 5.26 Å². The van der Waals surface area contributed by atoms with Crippen LogP contribution in [-0.4, -0.2) is 11.5 Å². The van der Waals surface area contributed by atoms with E-state index in [9.17, 15) is 0 Å². The van der Waals surface area contributed by atoms with E-state index in [0.29, 0.717) is 17.1 Å². The summed E-state index contributed by atoms with van der Waals surface area (Å²) in [7, 11) is 0. The van der Waals surface area contributed by atoms with Gasteiger partial charge in [0.15, 0.2) is 0 Å². The quantitative estimate of drug-likeness (QED) is 0.801. The molecule has 0 aliphatic heterocycles. The van der Waals surface area contributed by atoms with Crippen molar-refractivity contribution in [2.75, 3.05) is 6.54 Å². The lowest BCUT2D eigenvalue weighted by Gasteiger charge is -2.12. The van der Waals surface area contributed by atoms with E-state index in [1.807, 2.05) is 6.07 Å². The summed E-state index contributed by atoms with van der Waals surface area (Å²) in [6.07, 6.45) is 3.64. The molecule has 1 aliphatic carbocycles. The van der Waals surface area contributed by atoms with Gasteiger partial charge in [-0.25, -0.2) is 0 Å². The fraction of sp³-hybridized carbons (Fsp3) is 0.400. The maximum Gasteiger partial charge on any atom is 0.101 e. The maximum absolute atomic E-state index is 8.66. The largest absolute Gasteiger partial charge is 0.330 e. The first-order valence-electron chi connectivity index (χ1n) is 4.48. The Bertz CT molecular complexity index is 404. The molecule has 1 aromatic heterocycles. The van der Waals surface area contributed by atoms with E-state index in [0.717, 1.165) is 18.5 Å². The van der Waals surface area contributed by atoms with Crippen LogP contribution in [0.15, 0.2) is 12.3 Å². The number of aromatic nitrogens is 1. The number of hydrogen-bond acceptors (Lipinski definition) is 3. The molecule has 1 heterocycles. The molecule has 1 saturated carbocycles. The zero-order chi connectivity index (χ0) is 10.2. The Kier molecular flexibility index (Phi) is 2.18. The molecule has 0 spiro atoms. The van der Waals surface area contributed by atoms with Gasteiger partial charge in [0.05, 0.1) is 16.3 Å². The van der Waals surface area contributed by atoms with Crippen LogP contribution < -0.4 is 5.73 Å². The summed E-state index contributed by atoms with van der Waals surface area (Å²) in [6.45, 7) is 0.575. The molecule has 14 heavy (non-hydrogen) atoms. The van der Waals surface area contributed by atoms with Gasteiger partial charge in [0.25, 0.3) is 0 Å². The molecule has 0 saturated heterocycles. The van der Waals surface area contributed by atoms with Crippen LogP contribution in [-0.2, 0) is 5.41 Å². The minimum atomic E-state index is -0.00886. The molecule has 0 bridgehead atoms. The van der Waals surface area contributed by atoms with E-state index >= 15 is 0 Å². The van der Waals surface area contributed by atoms with Crippen LogP contribution in [0.3, 0.4) is 0 Å². The summed E-state index contributed by atoms with van der Waals surface area (Å²) in [6, 6.07) is 3.66. The second-order valence-corrected chi connectivity index (χ2v) is 4.06. The van der Waals surface area contributed by atoms with E-state index in [-0.39, 0.29) is 5.41 Å². The second-order valence-electron chi connectivity index (χ2n) is 3.65. The topological polar surface area (TPSA) is 62.7 Å². The van der Waals surface area contributed by atoms with Crippen LogP contribution in [0, 0.1) is 11.3 Å². The highest BCUT2D eigenvalue weighted by molar-refractivity contribution is 6.31. The van der Waals surface area contributed by atoms with Crippen LogP contribution in [0.5, 0.6) is 0 Å². The predicted molar refractivity (Wildman–Crippen MR) is 53.9 cm³/mol. The van der Waals surface area contributed by atoms with Crippen LogP contribution in [0.4, 0.5) is 0 Å². The van der Waals surface area contributed by atoms with Gasteiger partial charge in [-0.2, -0.15) is 5.26 Å². The molecule has 0 radical (unpaired) electrons. The number of rotatable bonds is 2. The number of nitrogens with two attached hydrogens (primary N) is 1. The standard InChI is InChI=1S/C10H10ClN3/c11-8-3-7(4-12)5-14-9(8)10(6-13)1-2-10/h3,5H,1-2,6,13H2. The zero-order valence-corrected chi connectivity index (χ0v) is 8.38. The Morgan fingerprint density at radius 1 is 1.64 bits per heavy atom. The van der Waals surface area contributed by atoms with Crippen LogP contribution >= 0.6 is 11.6 Å². The monoisotopic (exact) mass is 207 g/mol. The van der Waals surface area contributed by atoms with Gasteiger partial charge in [0.1, 0.15) is 6.07 Å². The fourth-order valence-corrected chi connectivity index (χ4v) is 1.94. The Labute approximate surface area is 87.5 Å². The van der Waals surface area contributed by atoms with Crippen molar-refractivity contribution >= 4 is 11.6 Å². The van der Waals surface area contributed by atoms with Crippen molar-refractivity contribution in [3.8, 4) is 6.07 Å². The van der Waals surface area contributed by atoms with E-state index in [2.05, 4.69) is 4.98 Å². The molecule has 1 aliphatic rings. The summed E-state index contributed by atoms with van der Waals surface area (Å²) in [5.41, 5.74) is 7.01. The molecule has 0 amide bonds. The van der Waals surface area contributed by atoms with Gasteiger partial charge in [-0.05, 0) is 18.9 Å². The molecular formula is C10H10ClN3. The third-order valence-electron chi connectivity index (χ3n) is 2.72. The first kappa shape index (κ1) is 9.45. The lowest BCUT2D eigenvalue weighted by molar-refractivity contribution is 0.678. The highest BCUT2D eigenvalue weighted by Crippen LogP contribution is 2.48. The lowest BCUT2D eigenvalue weighted by Crippen LogP contribution is -2.21. The van der Waals surface area contributed by atoms with Crippen molar-refractivity contribution in [3.63, 3.8) is 0 Å². The molecule has 1 fully saturated rings. The van der Waals surface area contributed by atoms with Crippen LogP contribution in [0.1, 0.15) is 24.1 Å². The molecule has 1 aromatic rings. The van der Waals surface area contributed by atoms with E-state index < -0.39 is 0 Å². The Morgan fingerprint density at radius 3 is 2.79 bits per heavy atom. The Morgan fingerprint density at radius 2 is 2.36 bits per heavy atom. The van der Waals surface area contributed by atoms with Crippen molar-refractivity contribution in [3.05, 3.63) is 28.5 Å². The number of pyridine rings is 1. The maximum atomic E-state index is 8.66. The van der Waals surface area contributed by atoms with Crippen molar-refractivity contribution in [2.24, 2.45) is 5.73 Å². The molecule has 0 atom stereocenters. The number of halogens is 1. The molecule has 0 aromatic carbocycles. The smallest absolute Gasteiger partial charge is 0.101 e. The van der Waals surface area contributed by atoms with Gasteiger partial charge in [-0.1, -0.05) is 11.6 Å². The average molecular weight is 208 g/mol.